The number of hydrogen-bond donors (Lipinski definition) is 2. The maximum absolute atomic E-state index is 12.7. The van der Waals surface area contributed by atoms with Crippen molar-refractivity contribution in [3.8, 4) is 11.5 Å². The second-order valence-corrected chi connectivity index (χ2v) is 7.10. The molecule has 0 saturated heterocycles. The average molecular weight is 384 g/mol. The Morgan fingerprint density at radius 3 is 2.32 bits per heavy atom. The highest BCUT2D eigenvalue weighted by molar-refractivity contribution is 6.10. The molecule has 0 spiro atoms. The molecular formula is C22H28N2O4. The van der Waals surface area contributed by atoms with Crippen LogP contribution in [0.3, 0.4) is 0 Å². The Labute approximate surface area is 166 Å². The predicted molar refractivity (Wildman–Crippen MR) is 110 cm³/mol. The maximum Gasteiger partial charge on any atom is 0.239 e. The lowest BCUT2D eigenvalue weighted by Gasteiger charge is -2.23. The van der Waals surface area contributed by atoms with Crippen molar-refractivity contribution in [2.75, 3.05) is 26.1 Å². The van der Waals surface area contributed by atoms with E-state index in [0.717, 1.165) is 16.9 Å². The third-order valence-corrected chi connectivity index (χ3v) is 4.61. The van der Waals surface area contributed by atoms with Crippen LogP contribution < -0.4 is 20.1 Å². The van der Waals surface area contributed by atoms with E-state index in [1.54, 1.807) is 27.0 Å². The molecule has 2 amide bonds. The number of carbonyl (C=O) groups is 2. The van der Waals surface area contributed by atoms with Crippen molar-refractivity contribution >= 4 is 17.5 Å². The van der Waals surface area contributed by atoms with Gasteiger partial charge in [0.05, 0.1) is 19.9 Å². The van der Waals surface area contributed by atoms with Crippen LogP contribution in [0.2, 0.25) is 0 Å². The minimum atomic E-state index is -1.24. The summed E-state index contributed by atoms with van der Waals surface area (Å²) in [6.07, 6.45) is 0.610. The van der Waals surface area contributed by atoms with Gasteiger partial charge in [-0.15, -0.1) is 0 Å². The van der Waals surface area contributed by atoms with Crippen LogP contribution in [0.4, 0.5) is 5.69 Å². The van der Waals surface area contributed by atoms with E-state index in [-0.39, 0.29) is 5.91 Å². The second-order valence-electron chi connectivity index (χ2n) is 7.10. The Kier molecular flexibility index (Phi) is 7.04. The molecule has 0 fully saturated rings. The molecule has 2 aromatic rings. The fourth-order valence-corrected chi connectivity index (χ4v) is 2.74. The summed E-state index contributed by atoms with van der Waals surface area (Å²) in [6.45, 7) is 5.53. The summed E-state index contributed by atoms with van der Waals surface area (Å²) in [5.74, 6) is 0.587. The summed E-state index contributed by atoms with van der Waals surface area (Å²) >= 11 is 0. The van der Waals surface area contributed by atoms with Gasteiger partial charge >= 0.3 is 0 Å². The van der Waals surface area contributed by atoms with Gasteiger partial charge in [-0.3, -0.25) is 9.59 Å². The van der Waals surface area contributed by atoms with Gasteiger partial charge in [-0.25, -0.2) is 0 Å². The average Bonchev–Trinajstić information content (AvgIpc) is 2.68. The summed E-state index contributed by atoms with van der Waals surface area (Å²) in [5.41, 5.74) is 1.28. The molecule has 2 aromatic carbocycles. The first kappa shape index (κ1) is 21.3. The molecule has 0 saturated carbocycles. The van der Waals surface area contributed by atoms with E-state index in [0.29, 0.717) is 24.4 Å². The van der Waals surface area contributed by atoms with E-state index in [1.807, 2.05) is 43.3 Å². The van der Waals surface area contributed by atoms with Crippen molar-refractivity contribution in [2.24, 2.45) is 5.41 Å². The molecule has 0 bridgehead atoms. The quantitative estimate of drug-likeness (QED) is 0.685. The summed E-state index contributed by atoms with van der Waals surface area (Å²) < 4.78 is 10.6. The molecule has 0 aliphatic rings. The normalized spacial score (nSPS) is 10.9. The molecule has 150 valence electrons. The highest BCUT2D eigenvalue weighted by Crippen LogP contribution is 2.28. The molecule has 6 nitrogen and oxygen atoms in total. The lowest BCUT2D eigenvalue weighted by molar-refractivity contribution is -0.138. The van der Waals surface area contributed by atoms with Crippen LogP contribution in [0.15, 0.2) is 42.5 Å². The van der Waals surface area contributed by atoms with Crippen LogP contribution in [0, 0.1) is 12.3 Å². The van der Waals surface area contributed by atoms with Crippen molar-refractivity contribution in [3.05, 3.63) is 53.6 Å². The van der Waals surface area contributed by atoms with Crippen LogP contribution >= 0.6 is 0 Å². The fourth-order valence-electron chi connectivity index (χ4n) is 2.74. The fraction of sp³-hybridized carbons (Fsp3) is 0.364. The van der Waals surface area contributed by atoms with Crippen molar-refractivity contribution in [2.45, 2.75) is 27.2 Å². The first-order chi connectivity index (χ1) is 13.3. The third-order valence-electron chi connectivity index (χ3n) is 4.61. The van der Waals surface area contributed by atoms with Gasteiger partial charge in [0.1, 0.15) is 16.9 Å². The number of nitrogens with one attached hydrogen (secondary N) is 2. The van der Waals surface area contributed by atoms with Crippen molar-refractivity contribution in [1.29, 1.82) is 0 Å². The molecule has 0 radical (unpaired) electrons. The molecule has 6 heteroatoms. The van der Waals surface area contributed by atoms with Crippen LogP contribution in [-0.4, -0.2) is 32.6 Å². The third kappa shape index (κ3) is 5.03. The lowest BCUT2D eigenvalue weighted by atomic mass is 9.90. The van der Waals surface area contributed by atoms with Crippen LogP contribution in [0.5, 0.6) is 11.5 Å². The van der Waals surface area contributed by atoms with Crippen molar-refractivity contribution < 1.29 is 19.1 Å². The monoisotopic (exact) mass is 384 g/mol. The highest BCUT2D eigenvalue weighted by atomic mass is 16.5. The minimum absolute atomic E-state index is 0.341. The van der Waals surface area contributed by atoms with Crippen LogP contribution in [0.25, 0.3) is 0 Å². The minimum Gasteiger partial charge on any atom is -0.496 e. The number of hydrogen-bond acceptors (Lipinski definition) is 4. The molecule has 0 aliphatic carbocycles. The number of methoxy groups -OCH3 is 2. The molecule has 0 unspecified atom stereocenters. The zero-order valence-electron chi connectivity index (χ0n) is 17.1. The molecule has 2 N–H and O–H groups in total. The number of rotatable bonds is 8. The first-order valence-corrected chi connectivity index (χ1v) is 9.16. The topological polar surface area (TPSA) is 76.7 Å². The summed E-state index contributed by atoms with van der Waals surface area (Å²) in [7, 11) is 3.15. The Balaban J connectivity index is 1.99. The van der Waals surface area contributed by atoms with Crippen molar-refractivity contribution in [1.82, 2.24) is 5.32 Å². The number of aryl methyl sites for hydroxylation is 1. The van der Waals surface area contributed by atoms with Gasteiger partial charge in [-0.1, -0.05) is 24.3 Å². The van der Waals surface area contributed by atoms with Gasteiger partial charge in [0.15, 0.2) is 0 Å². The summed E-state index contributed by atoms with van der Waals surface area (Å²) in [5, 5.41) is 5.65. The van der Waals surface area contributed by atoms with Gasteiger partial charge < -0.3 is 20.1 Å². The highest BCUT2D eigenvalue weighted by Gasteiger charge is 2.36. The maximum atomic E-state index is 12.7. The summed E-state index contributed by atoms with van der Waals surface area (Å²) in [6, 6.07) is 13.1. The van der Waals surface area contributed by atoms with Gasteiger partial charge in [0.25, 0.3) is 0 Å². The number of anilines is 1. The van der Waals surface area contributed by atoms with Gasteiger partial charge in [0, 0.05) is 6.54 Å². The number of amides is 2. The van der Waals surface area contributed by atoms with E-state index in [4.69, 9.17) is 9.47 Å². The van der Waals surface area contributed by atoms with E-state index >= 15 is 0 Å². The smallest absolute Gasteiger partial charge is 0.239 e. The SMILES string of the molecule is COc1ccccc1CCNC(=O)C(C)(C)C(=O)Nc1cc(C)ccc1OC. The lowest BCUT2D eigenvalue weighted by Crippen LogP contribution is -2.45. The Bertz CT molecular complexity index is 846. The van der Waals surface area contributed by atoms with Crippen LogP contribution in [0.1, 0.15) is 25.0 Å². The summed E-state index contributed by atoms with van der Waals surface area (Å²) in [4.78, 5) is 25.4. The van der Waals surface area contributed by atoms with E-state index in [2.05, 4.69) is 10.6 Å². The predicted octanol–water partition coefficient (Wildman–Crippen LogP) is 3.34. The van der Waals surface area contributed by atoms with E-state index in [1.165, 1.54) is 7.11 Å². The molecule has 0 heterocycles. The zero-order valence-corrected chi connectivity index (χ0v) is 17.1. The largest absolute Gasteiger partial charge is 0.496 e. The number of ether oxygens (including phenoxy) is 2. The molecule has 0 atom stereocenters. The zero-order chi connectivity index (χ0) is 20.7. The van der Waals surface area contributed by atoms with E-state index < -0.39 is 11.3 Å². The number of para-hydroxylation sites is 1. The van der Waals surface area contributed by atoms with Gasteiger partial charge in [-0.2, -0.15) is 0 Å². The number of carbonyl (C=O) groups excluding carboxylic acids is 2. The van der Waals surface area contributed by atoms with E-state index in [9.17, 15) is 9.59 Å². The second kappa shape index (κ2) is 9.26. The molecule has 0 aromatic heterocycles. The first-order valence-electron chi connectivity index (χ1n) is 9.16. The standard InChI is InChI=1S/C22H28N2O4/c1-15-10-11-19(28-5)17(14-15)24-21(26)22(2,3)20(25)23-13-12-16-8-6-7-9-18(16)27-4/h6-11,14H,12-13H2,1-5H3,(H,23,25)(H,24,26). The Morgan fingerprint density at radius 1 is 0.964 bits per heavy atom. The van der Waals surface area contributed by atoms with Gasteiger partial charge in [0.2, 0.25) is 11.8 Å². The van der Waals surface area contributed by atoms with Crippen LogP contribution in [-0.2, 0) is 16.0 Å². The molecule has 2 rings (SSSR count). The molecule has 28 heavy (non-hydrogen) atoms. The Morgan fingerprint density at radius 2 is 1.64 bits per heavy atom. The van der Waals surface area contributed by atoms with Gasteiger partial charge in [-0.05, 0) is 56.5 Å². The Hall–Kier alpha value is -3.02. The number of benzene rings is 2. The molecule has 0 aliphatic heterocycles. The molecular weight excluding hydrogens is 356 g/mol. The van der Waals surface area contributed by atoms with Crippen molar-refractivity contribution in [3.63, 3.8) is 0 Å².